The highest BCUT2D eigenvalue weighted by Crippen LogP contribution is 2.08. The number of aliphatic hydroxyl groups is 1. The van der Waals surface area contributed by atoms with Crippen LogP contribution in [-0.4, -0.2) is 18.0 Å². The van der Waals surface area contributed by atoms with E-state index in [0.29, 0.717) is 12.0 Å². The van der Waals surface area contributed by atoms with Crippen molar-refractivity contribution in [3.8, 4) is 11.8 Å². The molecular formula is C12H12O2. The lowest BCUT2D eigenvalue weighted by Crippen LogP contribution is -1.86. The number of benzene rings is 1. The Bertz CT molecular complexity index is 383. The van der Waals surface area contributed by atoms with Gasteiger partial charge in [-0.3, -0.25) is 4.79 Å². The number of aldehydes is 1. The first-order valence-electron chi connectivity index (χ1n) is 4.43. The highest BCUT2D eigenvalue weighted by Gasteiger charge is 1.95. The Morgan fingerprint density at radius 2 is 2.29 bits per heavy atom. The Morgan fingerprint density at radius 3 is 2.93 bits per heavy atom. The lowest BCUT2D eigenvalue weighted by molar-refractivity contribution is 0.112. The van der Waals surface area contributed by atoms with E-state index in [4.69, 9.17) is 5.11 Å². The van der Waals surface area contributed by atoms with Gasteiger partial charge in [-0.05, 0) is 18.6 Å². The highest BCUT2D eigenvalue weighted by molar-refractivity contribution is 5.75. The van der Waals surface area contributed by atoms with Crippen molar-refractivity contribution in [2.24, 2.45) is 0 Å². The summed E-state index contributed by atoms with van der Waals surface area (Å²) in [7, 11) is 0. The summed E-state index contributed by atoms with van der Waals surface area (Å²) in [5.74, 6) is 5.75. The van der Waals surface area contributed by atoms with Gasteiger partial charge in [0.1, 0.15) is 6.29 Å². The molecule has 0 radical (unpaired) electrons. The Kier molecular flexibility index (Phi) is 3.90. The first kappa shape index (κ1) is 10.5. The number of hydrogen-bond acceptors (Lipinski definition) is 2. The second-order valence-electron chi connectivity index (χ2n) is 2.97. The molecule has 0 amide bonds. The lowest BCUT2D eigenvalue weighted by Gasteiger charge is -1.97. The Morgan fingerprint density at radius 1 is 1.50 bits per heavy atom. The van der Waals surface area contributed by atoms with Crippen LogP contribution in [-0.2, 0) is 0 Å². The fraction of sp³-hybridized carbons (Fsp3) is 0.250. The van der Waals surface area contributed by atoms with Gasteiger partial charge in [0.25, 0.3) is 0 Å². The molecule has 1 aromatic carbocycles. The molecular weight excluding hydrogens is 176 g/mol. The van der Waals surface area contributed by atoms with Crippen LogP contribution < -0.4 is 0 Å². The molecule has 2 nitrogen and oxygen atoms in total. The van der Waals surface area contributed by atoms with Crippen LogP contribution in [0.15, 0.2) is 18.2 Å². The van der Waals surface area contributed by atoms with E-state index in [1.807, 2.05) is 13.0 Å². The molecule has 0 heterocycles. The van der Waals surface area contributed by atoms with E-state index in [-0.39, 0.29) is 6.61 Å². The van der Waals surface area contributed by atoms with Gasteiger partial charge < -0.3 is 5.11 Å². The Labute approximate surface area is 83.6 Å². The van der Waals surface area contributed by atoms with Gasteiger partial charge in [0, 0.05) is 17.5 Å². The molecule has 0 aliphatic carbocycles. The minimum atomic E-state index is 0.0689. The molecule has 0 spiro atoms. The van der Waals surface area contributed by atoms with Crippen LogP contribution >= 0.6 is 0 Å². The van der Waals surface area contributed by atoms with Crippen LogP contribution in [0.4, 0.5) is 0 Å². The molecule has 0 saturated heterocycles. The second kappa shape index (κ2) is 5.21. The van der Waals surface area contributed by atoms with Crippen molar-refractivity contribution in [2.45, 2.75) is 13.3 Å². The number of aryl methyl sites for hydroxylation is 1. The maximum atomic E-state index is 10.5. The van der Waals surface area contributed by atoms with Crippen LogP contribution in [0.5, 0.6) is 0 Å². The van der Waals surface area contributed by atoms with Crippen LogP contribution in [0.25, 0.3) is 0 Å². The van der Waals surface area contributed by atoms with Crippen LogP contribution in [0.1, 0.15) is 27.9 Å². The second-order valence-corrected chi connectivity index (χ2v) is 2.97. The van der Waals surface area contributed by atoms with Gasteiger partial charge in [-0.15, -0.1) is 0 Å². The zero-order chi connectivity index (χ0) is 10.4. The topological polar surface area (TPSA) is 37.3 Å². The van der Waals surface area contributed by atoms with Gasteiger partial charge >= 0.3 is 0 Å². The minimum absolute atomic E-state index is 0.0689. The summed E-state index contributed by atoms with van der Waals surface area (Å²) in [5.41, 5.74) is 2.52. The molecule has 0 aliphatic rings. The fourth-order valence-corrected chi connectivity index (χ4v) is 1.06. The van der Waals surface area contributed by atoms with E-state index in [0.717, 1.165) is 17.4 Å². The SMILES string of the molecule is Cc1ccc(C=O)cc1C#CCCO. The zero-order valence-electron chi connectivity index (χ0n) is 8.08. The largest absolute Gasteiger partial charge is 0.395 e. The number of hydrogen-bond donors (Lipinski definition) is 1. The standard InChI is InChI=1S/C12H12O2/c1-10-5-6-11(9-14)8-12(10)4-2-3-7-13/h5-6,8-9,13H,3,7H2,1H3. The van der Waals surface area contributed by atoms with Crippen LogP contribution in [0.2, 0.25) is 0 Å². The number of aliphatic hydroxyl groups excluding tert-OH is 1. The normalized spacial score (nSPS) is 9.00. The monoisotopic (exact) mass is 188 g/mol. The van der Waals surface area contributed by atoms with Gasteiger partial charge in [0.15, 0.2) is 0 Å². The van der Waals surface area contributed by atoms with Gasteiger partial charge in [-0.2, -0.15) is 0 Å². The first-order valence-corrected chi connectivity index (χ1v) is 4.43. The van der Waals surface area contributed by atoms with Crippen molar-refractivity contribution in [2.75, 3.05) is 6.61 Å². The molecule has 0 fully saturated rings. The average Bonchev–Trinajstić information content (AvgIpc) is 2.21. The quantitative estimate of drug-likeness (QED) is 0.564. The van der Waals surface area contributed by atoms with Gasteiger partial charge in [-0.25, -0.2) is 0 Å². The third kappa shape index (κ3) is 2.72. The maximum Gasteiger partial charge on any atom is 0.150 e. The van der Waals surface area contributed by atoms with E-state index >= 15 is 0 Å². The van der Waals surface area contributed by atoms with Gasteiger partial charge in [-0.1, -0.05) is 24.0 Å². The van der Waals surface area contributed by atoms with E-state index in [1.165, 1.54) is 0 Å². The lowest BCUT2D eigenvalue weighted by atomic mass is 10.1. The molecule has 1 aromatic rings. The summed E-state index contributed by atoms with van der Waals surface area (Å²) in [6, 6.07) is 5.39. The number of rotatable bonds is 2. The predicted octanol–water partition coefficient (Wildman–Crippen LogP) is 1.54. The van der Waals surface area contributed by atoms with Crippen molar-refractivity contribution < 1.29 is 9.90 Å². The summed E-state index contributed by atoms with van der Waals surface area (Å²) >= 11 is 0. The molecule has 72 valence electrons. The minimum Gasteiger partial charge on any atom is -0.395 e. The Hall–Kier alpha value is -1.59. The van der Waals surface area contributed by atoms with Crippen molar-refractivity contribution >= 4 is 6.29 Å². The van der Waals surface area contributed by atoms with Gasteiger partial charge in [0.2, 0.25) is 0 Å². The van der Waals surface area contributed by atoms with Crippen LogP contribution in [0, 0.1) is 18.8 Å². The number of carbonyl (C=O) groups excluding carboxylic acids is 1. The van der Waals surface area contributed by atoms with Crippen molar-refractivity contribution in [3.05, 3.63) is 34.9 Å². The molecule has 2 heteroatoms. The van der Waals surface area contributed by atoms with E-state index in [9.17, 15) is 4.79 Å². The highest BCUT2D eigenvalue weighted by atomic mass is 16.2. The molecule has 14 heavy (non-hydrogen) atoms. The predicted molar refractivity (Wildman–Crippen MR) is 55.1 cm³/mol. The molecule has 1 rings (SSSR count). The smallest absolute Gasteiger partial charge is 0.150 e. The van der Waals surface area contributed by atoms with Crippen molar-refractivity contribution in [1.29, 1.82) is 0 Å². The first-order chi connectivity index (χ1) is 6.77. The average molecular weight is 188 g/mol. The van der Waals surface area contributed by atoms with E-state index < -0.39 is 0 Å². The van der Waals surface area contributed by atoms with E-state index in [1.54, 1.807) is 12.1 Å². The summed E-state index contributed by atoms with van der Waals surface area (Å²) in [4.78, 5) is 10.5. The fourth-order valence-electron chi connectivity index (χ4n) is 1.06. The summed E-state index contributed by atoms with van der Waals surface area (Å²) < 4.78 is 0. The van der Waals surface area contributed by atoms with Crippen molar-refractivity contribution in [1.82, 2.24) is 0 Å². The molecule has 1 N–H and O–H groups in total. The molecule has 0 bridgehead atoms. The third-order valence-corrected chi connectivity index (χ3v) is 1.86. The van der Waals surface area contributed by atoms with Crippen LogP contribution in [0.3, 0.4) is 0 Å². The molecule has 0 aliphatic heterocycles. The Balaban J connectivity index is 2.96. The number of carbonyl (C=O) groups is 1. The molecule has 0 aromatic heterocycles. The maximum absolute atomic E-state index is 10.5. The van der Waals surface area contributed by atoms with E-state index in [2.05, 4.69) is 11.8 Å². The zero-order valence-corrected chi connectivity index (χ0v) is 8.08. The summed E-state index contributed by atoms with van der Waals surface area (Å²) in [6.45, 7) is 2.01. The van der Waals surface area contributed by atoms with Gasteiger partial charge in [0.05, 0.1) is 6.61 Å². The molecule has 0 saturated carbocycles. The van der Waals surface area contributed by atoms with Crippen molar-refractivity contribution in [3.63, 3.8) is 0 Å². The third-order valence-electron chi connectivity index (χ3n) is 1.86. The molecule has 0 atom stereocenters. The molecule has 0 unspecified atom stereocenters. The summed E-state index contributed by atoms with van der Waals surface area (Å²) in [5, 5.41) is 8.56. The summed E-state index contributed by atoms with van der Waals surface area (Å²) in [6.07, 6.45) is 1.27.